The fourth-order valence-electron chi connectivity index (χ4n) is 2.12. The number of rotatable bonds is 4. The molecule has 0 N–H and O–H groups in total. The van der Waals surface area contributed by atoms with Crippen LogP contribution in [0, 0.1) is 0 Å². The van der Waals surface area contributed by atoms with E-state index in [2.05, 4.69) is 36.8 Å². The van der Waals surface area contributed by atoms with Crippen molar-refractivity contribution < 1.29 is 0 Å². The molecule has 1 aromatic carbocycles. The largest absolute Gasteiger partial charge is 0.278 e. The number of benzene rings is 1. The van der Waals surface area contributed by atoms with Crippen LogP contribution in [0.25, 0.3) is 0 Å². The van der Waals surface area contributed by atoms with Crippen molar-refractivity contribution in [3.8, 4) is 0 Å². The van der Waals surface area contributed by atoms with Crippen molar-refractivity contribution in [2.24, 2.45) is 10.3 Å². The van der Waals surface area contributed by atoms with E-state index in [9.17, 15) is 0 Å². The van der Waals surface area contributed by atoms with Crippen molar-refractivity contribution in [2.45, 2.75) is 32.1 Å². The van der Waals surface area contributed by atoms with Crippen LogP contribution < -0.4 is 0 Å². The summed E-state index contributed by atoms with van der Waals surface area (Å²) in [5, 5.41) is 10.8. The van der Waals surface area contributed by atoms with E-state index >= 15 is 0 Å². The van der Waals surface area contributed by atoms with Crippen LogP contribution in [0.5, 0.6) is 0 Å². The summed E-state index contributed by atoms with van der Waals surface area (Å²) in [6, 6.07) is 8.15. The first-order valence-corrected chi connectivity index (χ1v) is 6.53. The molecule has 2 rings (SSSR count). The molecule has 0 amide bonds. The molecule has 1 heterocycles. The molecule has 1 fully saturated rings. The van der Waals surface area contributed by atoms with Crippen LogP contribution in [0.4, 0.5) is 5.69 Å². The standard InChI is InChI=1S/C15H21N3/c1-4-15(2,3)13-9-5-6-10-14(13)16-17-18-11-7-8-12-18/h4-6,9-10H,1,7-8,11-12H2,2-3H3. The molecule has 1 aromatic rings. The second kappa shape index (κ2) is 5.34. The lowest BCUT2D eigenvalue weighted by molar-refractivity contribution is 0.336. The Bertz CT molecular complexity index is 443. The van der Waals surface area contributed by atoms with Crippen LogP contribution in [0.15, 0.2) is 47.3 Å². The molecule has 0 saturated carbocycles. The third-order valence-corrected chi connectivity index (χ3v) is 3.47. The van der Waals surface area contributed by atoms with E-state index < -0.39 is 0 Å². The maximum Gasteiger partial charge on any atom is 0.0914 e. The van der Waals surface area contributed by atoms with Gasteiger partial charge < -0.3 is 0 Å². The third kappa shape index (κ3) is 2.78. The Hall–Kier alpha value is -1.64. The van der Waals surface area contributed by atoms with Crippen molar-refractivity contribution in [2.75, 3.05) is 13.1 Å². The van der Waals surface area contributed by atoms with Gasteiger partial charge in [0.2, 0.25) is 0 Å². The molecule has 0 unspecified atom stereocenters. The van der Waals surface area contributed by atoms with Crippen LogP contribution in [-0.4, -0.2) is 18.1 Å². The number of nitrogens with zero attached hydrogens (tertiary/aromatic N) is 3. The SMILES string of the molecule is C=CC(C)(C)c1ccccc1N=NN1CCCC1. The summed E-state index contributed by atoms with van der Waals surface area (Å²) in [5.74, 6) is 0. The minimum absolute atomic E-state index is 0.0827. The molecule has 1 aliphatic rings. The van der Waals surface area contributed by atoms with Gasteiger partial charge >= 0.3 is 0 Å². The van der Waals surface area contributed by atoms with Crippen LogP contribution in [-0.2, 0) is 5.41 Å². The Kier molecular flexibility index (Phi) is 3.80. The van der Waals surface area contributed by atoms with Crippen LogP contribution in [0.3, 0.4) is 0 Å². The second-order valence-corrected chi connectivity index (χ2v) is 5.29. The van der Waals surface area contributed by atoms with Gasteiger partial charge in [-0.3, -0.25) is 5.01 Å². The van der Waals surface area contributed by atoms with Gasteiger partial charge in [0.1, 0.15) is 0 Å². The third-order valence-electron chi connectivity index (χ3n) is 3.47. The quantitative estimate of drug-likeness (QED) is 0.574. The highest BCUT2D eigenvalue weighted by Gasteiger charge is 2.19. The molecule has 1 saturated heterocycles. The van der Waals surface area contributed by atoms with Crippen LogP contribution in [0.2, 0.25) is 0 Å². The average molecular weight is 243 g/mol. The van der Waals surface area contributed by atoms with Gasteiger partial charge in [0.05, 0.1) is 5.69 Å². The fraction of sp³-hybridized carbons (Fsp3) is 0.467. The zero-order valence-corrected chi connectivity index (χ0v) is 11.3. The zero-order chi connectivity index (χ0) is 13.0. The maximum absolute atomic E-state index is 4.41. The zero-order valence-electron chi connectivity index (χ0n) is 11.3. The van der Waals surface area contributed by atoms with Gasteiger partial charge in [0.15, 0.2) is 0 Å². The summed E-state index contributed by atoms with van der Waals surface area (Å²) in [6.07, 6.45) is 4.40. The van der Waals surface area contributed by atoms with Crippen molar-refractivity contribution in [3.05, 3.63) is 42.5 Å². The highest BCUT2D eigenvalue weighted by molar-refractivity contribution is 5.50. The fourth-order valence-corrected chi connectivity index (χ4v) is 2.12. The van der Waals surface area contributed by atoms with Crippen LogP contribution in [0.1, 0.15) is 32.3 Å². The normalized spacial score (nSPS) is 16.4. The summed E-state index contributed by atoms with van der Waals surface area (Å²) in [7, 11) is 0. The molecule has 0 spiro atoms. The summed E-state index contributed by atoms with van der Waals surface area (Å²) in [5.41, 5.74) is 2.03. The van der Waals surface area contributed by atoms with E-state index in [1.165, 1.54) is 18.4 Å². The van der Waals surface area contributed by atoms with E-state index in [1.54, 1.807) is 0 Å². The Morgan fingerprint density at radius 1 is 1.22 bits per heavy atom. The first kappa shape index (κ1) is 12.8. The number of hydrogen-bond acceptors (Lipinski definition) is 2. The lowest BCUT2D eigenvalue weighted by Crippen LogP contribution is -2.13. The molecule has 0 aliphatic carbocycles. The highest BCUT2D eigenvalue weighted by atomic mass is 15.5. The van der Waals surface area contributed by atoms with E-state index in [4.69, 9.17) is 0 Å². The summed E-state index contributed by atoms with van der Waals surface area (Å²) in [6.45, 7) is 10.2. The molecule has 0 bridgehead atoms. The Morgan fingerprint density at radius 3 is 2.56 bits per heavy atom. The Labute approximate surface area is 109 Å². The van der Waals surface area contributed by atoms with E-state index in [0.29, 0.717) is 0 Å². The first-order valence-electron chi connectivity index (χ1n) is 6.53. The predicted molar refractivity (Wildman–Crippen MR) is 75.0 cm³/mol. The average Bonchev–Trinajstić information content (AvgIpc) is 2.90. The summed E-state index contributed by atoms with van der Waals surface area (Å²) in [4.78, 5) is 0. The van der Waals surface area contributed by atoms with Gasteiger partial charge in [-0.25, -0.2) is 0 Å². The van der Waals surface area contributed by atoms with Gasteiger partial charge in [-0.05, 0) is 24.5 Å². The summed E-state index contributed by atoms with van der Waals surface area (Å²) >= 11 is 0. The molecule has 96 valence electrons. The molecule has 1 aliphatic heterocycles. The van der Waals surface area contributed by atoms with E-state index in [0.717, 1.165) is 18.8 Å². The molecule has 18 heavy (non-hydrogen) atoms. The van der Waals surface area contributed by atoms with Gasteiger partial charge in [-0.1, -0.05) is 43.3 Å². The molecular weight excluding hydrogens is 222 g/mol. The molecule has 0 atom stereocenters. The van der Waals surface area contributed by atoms with Crippen molar-refractivity contribution in [3.63, 3.8) is 0 Å². The molecular formula is C15H21N3. The van der Waals surface area contributed by atoms with Crippen LogP contribution >= 0.6 is 0 Å². The minimum atomic E-state index is -0.0827. The van der Waals surface area contributed by atoms with Gasteiger partial charge in [-0.2, -0.15) is 0 Å². The highest BCUT2D eigenvalue weighted by Crippen LogP contribution is 2.32. The minimum Gasteiger partial charge on any atom is -0.278 e. The Balaban J connectivity index is 2.24. The lowest BCUT2D eigenvalue weighted by Gasteiger charge is -2.21. The maximum atomic E-state index is 4.41. The first-order chi connectivity index (χ1) is 8.63. The van der Waals surface area contributed by atoms with Gasteiger partial charge in [0.25, 0.3) is 0 Å². The lowest BCUT2D eigenvalue weighted by atomic mass is 9.84. The van der Waals surface area contributed by atoms with Crippen molar-refractivity contribution >= 4 is 5.69 Å². The number of allylic oxidation sites excluding steroid dienone is 1. The van der Waals surface area contributed by atoms with E-state index in [1.807, 2.05) is 29.3 Å². The van der Waals surface area contributed by atoms with Crippen molar-refractivity contribution in [1.29, 1.82) is 0 Å². The molecule has 3 nitrogen and oxygen atoms in total. The van der Waals surface area contributed by atoms with E-state index in [-0.39, 0.29) is 5.41 Å². The molecule has 0 aromatic heterocycles. The topological polar surface area (TPSA) is 28.0 Å². The predicted octanol–water partition coefficient (Wildman–Crippen LogP) is 4.24. The smallest absolute Gasteiger partial charge is 0.0914 e. The molecule has 0 radical (unpaired) electrons. The molecule has 3 heteroatoms. The van der Waals surface area contributed by atoms with Gasteiger partial charge in [-0.15, -0.1) is 11.7 Å². The summed E-state index contributed by atoms with van der Waals surface area (Å²) < 4.78 is 0. The Morgan fingerprint density at radius 2 is 1.89 bits per heavy atom. The second-order valence-electron chi connectivity index (χ2n) is 5.29. The number of hydrogen-bond donors (Lipinski definition) is 0. The van der Waals surface area contributed by atoms with Gasteiger partial charge in [0, 0.05) is 18.5 Å². The van der Waals surface area contributed by atoms with Crippen molar-refractivity contribution in [1.82, 2.24) is 5.01 Å². The monoisotopic (exact) mass is 243 g/mol.